The Hall–Kier alpha value is -3.46. The van der Waals surface area contributed by atoms with E-state index < -0.39 is 0 Å². The van der Waals surface area contributed by atoms with Crippen molar-refractivity contribution in [1.29, 1.82) is 0 Å². The number of fused-ring (bicyclic) bond motifs is 1. The van der Waals surface area contributed by atoms with Crippen LogP contribution in [0.5, 0.6) is 0 Å². The van der Waals surface area contributed by atoms with Gasteiger partial charge in [-0.3, -0.25) is 4.79 Å². The van der Waals surface area contributed by atoms with E-state index >= 15 is 0 Å². The fourth-order valence-electron chi connectivity index (χ4n) is 3.33. The first-order chi connectivity index (χ1) is 14.7. The number of nitrogens with zero attached hydrogens (tertiary/aromatic N) is 6. The summed E-state index contributed by atoms with van der Waals surface area (Å²) in [5.41, 5.74) is 3.05. The van der Waals surface area contributed by atoms with E-state index in [1.54, 1.807) is 29.2 Å². The van der Waals surface area contributed by atoms with E-state index in [-0.39, 0.29) is 17.7 Å². The highest BCUT2D eigenvalue weighted by Crippen LogP contribution is 2.33. The summed E-state index contributed by atoms with van der Waals surface area (Å²) in [5.74, 6) is 1.25. The van der Waals surface area contributed by atoms with Crippen molar-refractivity contribution in [1.82, 2.24) is 24.6 Å². The molecule has 3 aromatic heterocycles. The molecule has 30 heavy (non-hydrogen) atoms. The predicted octanol–water partition coefficient (Wildman–Crippen LogP) is 3.50. The molecule has 1 unspecified atom stereocenters. The summed E-state index contributed by atoms with van der Waals surface area (Å²) in [6.07, 6.45) is 5.64. The normalized spacial score (nSPS) is 16.2. The van der Waals surface area contributed by atoms with Crippen LogP contribution < -0.4 is 0 Å². The summed E-state index contributed by atoms with van der Waals surface area (Å²) in [4.78, 5) is 21.5. The highest BCUT2D eigenvalue weighted by molar-refractivity contribution is 7.99. The fraction of sp³-hybridized carbons (Fsp3) is 0.190. The number of carbonyl (C=O) groups excluding carboxylic acids is 1. The second-order valence-corrected chi connectivity index (χ2v) is 7.88. The van der Waals surface area contributed by atoms with Crippen LogP contribution in [0.4, 0.5) is 0 Å². The minimum absolute atomic E-state index is 0.129. The van der Waals surface area contributed by atoms with E-state index in [0.29, 0.717) is 23.1 Å². The number of hydrogen-bond donors (Lipinski definition) is 0. The van der Waals surface area contributed by atoms with Crippen LogP contribution in [0, 0.1) is 6.92 Å². The van der Waals surface area contributed by atoms with Gasteiger partial charge in [0.25, 0.3) is 11.7 Å². The maximum absolute atomic E-state index is 13.0. The Morgan fingerprint density at radius 2 is 2.10 bits per heavy atom. The average Bonchev–Trinajstić information content (AvgIpc) is 3.51. The molecule has 5 rings (SSSR count). The monoisotopic (exact) mass is 418 g/mol. The van der Waals surface area contributed by atoms with Gasteiger partial charge in [-0.1, -0.05) is 41.6 Å². The number of aryl methyl sites for hydroxylation is 1. The van der Waals surface area contributed by atoms with Gasteiger partial charge >= 0.3 is 0 Å². The number of thioether (sulfide) groups is 1. The van der Waals surface area contributed by atoms with Crippen LogP contribution in [-0.4, -0.2) is 42.0 Å². The zero-order valence-electron chi connectivity index (χ0n) is 16.2. The van der Waals surface area contributed by atoms with E-state index in [1.807, 2.05) is 43.3 Å². The molecule has 1 aliphatic heterocycles. The Morgan fingerprint density at radius 1 is 1.23 bits per heavy atom. The molecular weight excluding hydrogens is 400 g/mol. The fourth-order valence-corrected chi connectivity index (χ4v) is 4.01. The molecule has 1 atom stereocenters. The van der Waals surface area contributed by atoms with Gasteiger partial charge in [-0.15, -0.1) is 5.10 Å². The maximum Gasteiger partial charge on any atom is 0.253 e. The average molecular weight is 418 g/mol. The summed E-state index contributed by atoms with van der Waals surface area (Å²) in [5, 5.41) is 11.0. The Balaban J connectivity index is 1.37. The molecule has 1 aliphatic rings. The summed E-state index contributed by atoms with van der Waals surface area (Å²) in [6, 6.07) is 13.4. The molecular formula is C21H18N6O2S. The predicted molar refractivity (Wildman–Crippen MR) is 112 cm³/mol. The third-order valence-electron chi connectivity index (χ3n) is 4.84. The smallest absolute Gasteiger partial charge is 0.253 e. The van der Waals surface area contributed by atoms with Crippen LogP contribution >= 0.6 is 11.8 Å². The van der Waals surface area contributed by atoms with Gasteiger partial charge in [0.15, 0.2) is 0 Å². The number of amides is 1. The Bertz CT molecular complexity index is 1180. The zero-order valence-corrected chi connectivity index (χ0v) is 17.0. The lowest BCUT2D eigenvalue weighted by atomic mass is 10.0. The second kappa shape index (κ2) is 7.75. The van der Waals surface area contributed by atoms with Gasteiger partial charge in [0.2, 0.25) is 5.16 Å². The minimum atomic E-state index is -0.264. The zero-order chi connectivity index (χ0) is 20.5. The van der Waals surface area contributed by atoms with E-state index in [0.717, 1.165) is 11.3 Å². The lowest BCUT2D eigenvalue weighted by Crippen LogP contribution is -2.28. The molecule has 0 fully saturated rings. The van der Waals surface area contributed by atoms with Crippen molar-refractivity contribution in [3.8, 4) is 0 Å². The highest BCUT2D eigenvalue weighted by atomic mass is 32.2. The number of aromatic nitrogens is 4. The van der Waals surface area contributed by atoms with E-state index in [9.17, 15) is 4.79 Å². The molecule has 0 saturated heterocycles. The summed E-state index contributed by atoms with van der Waals surface area (Å²) in [6.45, 7) is 2.04. The van der Waals surface area contributed by atoms with E-state index in [1.165, 1.54) is 22.3 Å². The number of carbonyl (C=O) groups is 1. The highest BCUT2D eigenvalue weighted by Gasteiger charge is 2.34. The first kappa shape index (κ1) is 18.6. The van der Waals surface area contributed by atoms with Crippen molar-refractivity contribution in [2.75, 3.05) is 5.75 Å². The van der Waals surface area contributed by atoms with Crippen molar-refractivity contribution in [3.63, 3.8) is 0 Å². The number of furan rings is 1. The Morgan fingerprint density at radius 3 is 2.87 bits per heavy atom. The van der Waals surface area contributed by atoms with Crippen molar-refractivity contribution < 1.29 is 9.21 Å². The minimum Gasteiger partial charge on any atom is -0.467 e. The molecule has 1 aromatic carbocycles. The van der Waals surface area contributed by atoms with E-state index in [2.05, 4.69) is 20.2 Å². The Kier molecular flexibility index (Phi) is 4.80. The van der Waals surface area contributed by atoms with Crippen molar-refractivity contribution in [3.05, 3.63) is 78.0 Å². The number of hydrogen-bond acceptors (Lipinski definition) is 7. The molecule has 0 saturated carbocycles. The van der Waals surface area contributed by atoms with Crippen molar-refractivity contribution in [2.45, 2.75) is 24.5 Å². The van der Waals surface area contributed by atoms with Crippen LogP contribution in [-0.2, 0) is 4.79 Å². The molecule has 4 aromatic rings. The molecule has 0 radical (unpaired) electrons. The van der Waals surface area contributed by atoms with Gasteiger partial charge in [0, 0.05) is 18.8 Å². The molecule has 150 valence electrons. The molecule has 9 heteroatoms. The molecule has 0 N–H and O–H groups in total. The van der Waals surface area contributed by atoms with Crippen LogP contribution in [0.2, 0.25) is 0 Å². The van der Waals surface area contributed by atoms with Gasteiger partial charge in [-0.05, 0) is 30.7 Å². The maximum atomic E-state index is 13.0. The molecule has 0 bridgehead atoms. The topological polar surface area (TPSA) is 88.9 Å². The first-order valence-corrected chi connectivity index (χ1v) is 10.5. The lowest BCUT2D eigenvalue weighted by molar-refractivity contribution is -0.130. The standard InChI is InChI=1S/C21H18N6O2S/c1-14-5-7-15(8-6-14)16-12-17(18-4-2-11-29-18)27(24-16)19(28)13-30-21-23-20-22-9-3-10-26(20)25-21/h2-11,17H,12-13H2,1H3. The summed E-state index contributed by atoms with van der Waals surface area (Å²) in [7, 11) is 0. The number of rotatable bonds is 5. The third kappa shape index (κ3) is 3.59. The number of hydrazone groups is 1. The van der Waals surface area contributed by atoms with Crippen molar-refractivity contribution in [2.24, 2.45) is 5.10 Å². The van der Waals surface area contributed by atoms with Crippen LogP contribution in [0.3, 0.4) is 0 Å². The molecule has 4 heterocycles. The van der Waals surface area contributed by atoms with Crippen LogP contribution in [0.15, 0.2) is 75.8 Å². The lowest BCUT2D eigenvalue weighted by Gasteiger charge is -2.19. The largest absolute Gasteiger partial charge is 0.467 e. The molecule has 1 amide bonds. The van der Waals surface area contributed by atoms with E-state index in [4.69, 9.17) is 4.42 Å². The van der Waals surface area contributed by atoms with Crippen LogP contribution in [0.1, 0.15) is 29.3 Å². The molecule has 0 aliphatic carbocycles. The number of benzene rings is 1. The molecule has 8 nitrogen and oxygen atoms in total. The van der Waals surface area contributed by atoms with Crippen LogP contribution in [0.25, 0.3) is 5.78 Å². The van der Waals surface area contributed by atoms with Gasteiger partial charge in [0.05, 0.1) is 17.7 Å². The summed E-state index contributed by atoms with van der Waals surface area (Å²) >= 11 is 1.27. The summed E-state index contributed by atoms with van der Waals surface area (Å²) < 4.78 is 7.18. The third-order valence-corrected chi connectivity index (χ3v) is 5.67. The van der Waals surface area contributed by atoms with Crippen molar-refractivity contribution >= 4 is 29.2 Å². The quantitative estimate of drug-likeness (QED) is 0.461. The first-order valence-electron chi connectivity index (χ1n) is 9.47. The van der Waals surface area contributed by atoms with Gasteiger partial charge in [0.1, 0.15) is 11.8 Å². The second-order valence-electron chi connectivity index (χ2n) is 6.93. The van der Waals surface area contributed by atoms with Gasteiger partial charge in [-0.25, -0.2) is 14.5 Å². The Labute approximate surface area is 176 Å². The SMILES string of the molecule is Cc1ccc(C2=NN(C(=O)CSc3nc4ncccn4n3)C(c3ccco3)C2)cc1. The van der Waals surface area contributed by atoms with Gasteiger partial charge < -0.3 is 4.42 Å². The molecule has 0 spiro atoms. The van der Waals surface area contributed by atoms with Gasteiger partial charge in [-0.2, -0.15) is 10.1 Å².